The van der Waals surface area contributed by atoms with Crippen LogP contribution in [0.25, 0.3) is 11.2 Å². The first-order valence-electron chi connectivity index (χ1n) is 9.43. The molecule has 11 nitrogen and oxygen atoms in total. The summed E-state index contributed by atoms with van der Waals surface area (Å²) in [7, 11) is 0. The molecule has 11 heteroatoms. The molecule has 156 valence electrons. The van der Waals surface area contributed by atoms with Gasteiger partial charge in [0.05, 0.1) is 12.9 Å². The zero-order valence-corrected chi connectivity index (χ0v) is 15.7. The zero-order valence-electron chi connectivity index (χ0n) is 15.7. The number of hydrogen-bond acceptors (Lipinski definition) is 9. The fourth-order valence-electron chi connectivity index (χ4n) is 3.58. The summed E-state index contributed by atoms with van der Waals surface area (Å²) in [6.45, 7) is 1.81. The minimum Gasteiger partial charge on any atom is -0.394 e. The van der Waals surface area contributed by atoms with Gasteiger partial charge >= 0.3 is 0 Å². The smallest absolute Gasteiger partial charge is 0.280 e. The van der Waals surface area contributed by atoms with Gasteiger partial charge in [0.15, 0.2) is 17.4 Å². The number of aliphatic hydroxyl groups is 3. The highest BCUT2D eigenvalue weighted by molar-refractivity contribution is 5.70. The predicted octanol–water partition coefficient (Wildman–Crippen LogP) is -1.16. The van der Waals surface area contributed by atoms with Crippen molar-refractivity contribution < 1.29 is 20.1 Å². The summed E-state index contributed by atoms with van der Waals surface area (Å²) in [5.41, 5.74) is 10.9. The van der Waals surface area contributed by atoms with Crippen molar-refractivity contribution in [3.63, 3.8) is 0 Å². The number of fused-ring (bicyclic) bond motifs is 1. The maximum absolute atomic E-state index is 11.7. The molecule has 0 radical (unpaired) electrons. The van der Waals surface area contributed by atoms with Crippen molar-refractivity contribution >= 4 is 17.1 Å². The van der Waals surface area contributed by atoms with E-state index in [1.807, 2.05) is 0 Å². The molecule has 0 aromatic carbocycles. The van der Waals surface area contributed by atoms with Gasteiger partial charge in [0.1, 0.15) is 18.3 Å². The van der Waals surface area contributed by atoms with E-state index in [1.165, 1.54) is 36.6 Å². The van der Waals surface area contributed by atoms with Gasteiger partial charge in [0, 0.05) is 6.04 Å². The highest BCUT2D eigenvalue weighted by atomic mass is 16.6. The van der Waals surface area contributed by atoms with E-state index in [-0.39, 0.29) is 17.1 Å². The lowest BCUT2D eigenvalue weighted by Gasteiger charge is -2.24. The van der Waals surface area contributed by atoms with Gasteiger partial charge in [0.25, 0.3) is 5.56 Å². The lowest BCUT2D eigenvalue weighted by molar-refractivity contribution is -0.0511. The van der Waals surface area contributed by atoms with E-state index < -0.39 is 36.7 Å². The third-order valence-electron chi connectivity index (χ3n) is 5.42. The Morgan fingerprint density at radius 3 is 2.61 bits per heavy atom. The Labute approximate surface area is 161 Å². The van der Waals surface area contributed by atoms with Crippen LogP contribution >= 0.6 is 0 Å². The lowest BCUT2D eigenvalue weighted by Crippen LogP contribution is -2.33. The molecule has 6 atom stereocenters. The van der Waals surface area contributed by atoms with Crippen molar-refractivity contribution in [2.45, 2.75) is 63.2 Å². The fourth-order valence-corrected chi connectivity index (χ4v) is 3.58. The molecule has 2 unspecified atom stereocenters. The van der Waals surface area contributed by atoms with Gasteiger partial charge in [-0.2, -0.15) is 4.98 Å². The number of anilines is 1. The number of imidazole rings is 1. The Hall–Kier alpha value is -2.05. The molecule has 1 aliphatic carbocycles. The molecule has 3 heterocycles. The molecule has 1 saturated heterocycles. The SMILES string of the molecule is CC1CCCCC1N.Nc1nc2c(ncn2[C@@H]2O[C@H](CO)[C@@H](O)[C@H]2O)c(=O)[nH]1. The van der Waals surface area contributed by atoms with Crippen molar-refractivity contribution in [2.75, 3.05) is 12.3 Å². The van der Waals surface area contributed by atoms with Crippen LogP contribution in [0.4, 0.5) is 5.95 Å². The summed E-state index contributed by atoms with van der Waals surface area (Å²) in [5, 5.41) is 28.7. The van der Waals surface area contributed by atoms with Gasteiger partial charge in [-0.1, -0.05) is 19.8 Å². The van der Waals surface area contributed by atoms with E-state index in [9.17, 15) is 15.0 Å². The normalized spacial score (nSPS) is 32.9. The second kappa shape index (κ2) is 8.53. The Morgan fingerprint density at radius 1 is 1.32 bits per heavy atom. The summed E-state index contributed by atoms with van der Waals surface area (Å²) in [5.74, 6) is 0.680. The summed E-state index contributed by atoms with van der Waals surface area (Å²) in [4.78, 5) is 21.8. The zero-order chi connectivity index (χ0) is 20.4. The largest absolute Gasteiger partial charge is 0.394 e. The number of aliphatic hydroxyl groups excluding tert-OH is 3. The number of hydrogen-bond donors (Lipinski definition) is 6. The molecule has 0 spiro atoms. The number of ether oxygens (including phenoxy) is 1. The van der Waals surface area contributed by atoms with Crippen LogP contribution in [0.1, 0.15) is 38.8 Å². The molecular formula is C17H28N6O5. The van der Waals surface area contributed by atoms with Gasteiger partial charge in [-0.05, 0) is 18.8 Å². The van der Waals surface area contributed by atoms with Crippen LogP contribution in [0.5, 0.6) is 0 Å². The Bertz CT molecular complexity index is 844. The van der Waals surface area contributed by atoms with Crippen molar-refractivity contribution in [3.05, 3.63) is 16.7 Å². The first kappa shape index (κ1) is 20.7. The summed E-state index contributed by atoms with van der Waals surface area (Å²) >= 11 is 0. The minimum atomic E-state index is -1.29. The van der Waals surface area contributed by atoms with Crippen LogP contribution in [0.2, 0.25) is 0 Å². The maximum atomic E-state index is 11.7. The molecule has 0 amide bonds. The molecule has 2 aliphatic rings. The molecule has 2 aromatic heterocycles. The molecule has 0 bridgehead atoms. The van der Waals surface area contributed by atoms with E-state index in [2.05, 4.69) is 21.9 Å². The van der Waals surface area contributed by atoms with Crippen LogP contribution in [-0.4, -0.2) is 65.8 Å². The average Bonchev–Trinajstić information content (AvgIpc) is 3.20. The van der Waals surface area contributed by atoms with Crippen LogP contribution in [0, 0.1) is 5.92 Å². The third kappa shape index (κ3) is 4.03. The highest BCUT2D eigenvalue weighted by Gasteiger charge is 2.44. The van der Waals surface area contributed by atoms with E-state index in [0.717, 1.165) is 5.92 Å². The molecule has 4 rings (SSSR count). The van der Waals surface area contributed by atoms with Crippen LogP contribution in [0.3, 0.4) is 0 Å². The van der Waals surface area contributed by atoms with E-state index in [4.69, 9.17) is 21.3 Å². The second-order valence-corrected chi connectivity index (χ2v) is 7.43. The molecule has 1 aliphatic heterocycles. The second-order valence-electron chi connectivity index (χ2n) is 7.43. The summed E-state index contributed by atoms with van der Waals surface area (Å²) in [6, 6.07) is 0.503. The van der Waals surface area contributed by atoms with Crippen LogP contribution in [-0.2, 0) is 4.74 Å². The first-order valence-corrected chi connectivity index (χ1v) is 9.43. The van der Waals surface area contributed by atoms with E-state index in [1.54, 1.807) is 0 Å². The van der Waals surface area contributed by atoms with Gasteiger partial charge in [-0.15, -0.1) is 0 Å². The number of rotatable bonds is 2. The summed E-state index contributed by atoms with van der Waals surface area (Å²) < 4.78 is 6.64. The molecule has 2 aromatic rings. The van der Waals surface area contributed by atoms with Gasteiger partial charge in [-0.25, -0.2) is 4.98 Å². The minimum absolute atomic E-state index is 0.0388. The van der Waals surface area contributed by atoms with Crippen molar-refractivity contribution in [2.24, 2.45) is 11.7 Å². The molecule has 28 heavy (non-hydrogen) atoms. The predicted molar refractivity (Wildman–Crippen MR) is 101 cm³/mol. The van der Waals surface area contributed by atoms with Crippen molar-refractivity contribution in [1.29, 1.82) is 0 Å². The maximum Gasteiger partial charge on any atom is 0.280 e. The number of aromatic amines is 1. The molecule has 2 fully saturated rings. The Morgan fingerprint density at radius 2 is 2.04 bits per heavy atom. The summed E-state index contributed by atoms with van der Waals surface area (Å²) in [6.07, 6.45) is 2.14. The fraction of sp³-hybridized carbons (Fsp3) is 0.706. The van der Waals surface area contributed by atoms with E-state index >= 15 is 0 Å². The number of nitrogens with one attached hydrogen (secondary N) is 1. The number of nitrogen functional groups attached to an aromatic ring is 1. The van der Waals surface area contributed by atoms with Crippen molar-refractivity contribution in [3.8, 4) is 0 Å². The number of nitrogens with two attached hydrogens (primary N) is 2. The van der Waals surface area contributed by atoms with Crippen molar-refractivity contribution in [1.82, 2.24) is 19.5 Å². The van der Waals surface area contributed by atoms with E-state index in [0.29, 0.717) is 6.04 Å². The monoisotopic (exact) mass is 396 g/mol. The Balaban J connectivity index is 0.000000236. The highest BCUT2D eigenvalue weighted by Crippen LogP contribution is 2.30. The van der Waals surface area contributed by atoms with Crippen LogP contribution < -0.4 is 17.0 Å². The quantitative estimate of drug-likeness (QED) is 0.364. The number of aromatic nitrogens is 4. The topological polar surface area (TPSA) is 186 Å². The van der Waals surface area contributed by atoms with Gasteiger partial charge in [-0.3, -0.25) is 14.3 Å². The lowest BCUT2D eigenvalue weighted by atomic mass is 9.87. The molecular weight excluding hydrogens is 368 g/mol. The van der Waals surface area contributed by atoms with Gasteiger partial charge < -0.3 is 31.5 Å². The molecule has 1 saturated carbocycles. The van der Waals surface area contributed by atoms with Gasteiger partial charge in [0.2, 0.25) is 5.95 Å². The average molecular weight is 396 g/mol. The number of H-pyrrole nitrogens is 1. The molecule has 8 N–H and O–H groups in total. The Kier molecular flexibility index (Phi) is 6.30. The number of nitrogens with zero attached hydrogens (tertiary/aromatic N) is 3. The standard InChI is InChI=1S/C10H13N5O5.C7H15N/c11-10-13-7-4(8(19)14-10)12-2-15(7)9-6(18)5(17)3(1-16)20-9;1-6-4-2-3-5-7(6)8/h2-3,5-6,9,16-18H,1H2,(H3,11,13,14,19);6-7H,2-5,8H2,1H3/t3-,5-,6-,9-;/m1./s1. The van der Waals surface area contributed by atoms with Crippen LogP contribution in [0.15, 0.2) is 11.1 Å². The third-order valence-corrected chi connectivity index (χ3v) is 5.42. The first-order chi connectivity index (χ1) is 13.3.